The van der Waals surface area contributed by atoms with Crippen LogP contribution in [0, 0.1) is 5.82 Å². The number of nitrogens with two attached hydrogens (primary N) is 2. The standard InChI is InChI=1S/C10H8ClFN4/c11-6-4-2-1-3-5(6)8-7(12)9(13)16-10(14)15-8/h1-4H,(H4,13,14,15,16). The van der Waals surface area contributed by atoms with E-state index in [0.29, 0.717) is 10.6 Å². The van der Waals surface area contributed by atoms with Gasteiger partial charge in [-0.3, -0.25) is 0 Å². The minimum absolute atomic E-state index is 0.00981. The van der Waals surface area contributed by atoms with Crippen LogP contribution in [0.25, 0.3) is 11.3 Å². The molecule has 0 aliphatic carbocycles. The van der Waals surface area contributed by atoms with Crippen LogP contribution in [0.4, 0.5) is 16.2 Å². The fourth-order valence-electron chi connectivity index (χ4n) is 1.31. The topological polar surface area (TPSA) is 77.8 Å². The number of hydrogen-bond acceptors (Lipinski definition) is 4. The average Bonchev–Trinajstić information content (AvgIpc) is 2.24. The van der Waals surface area contributed by atoms with Crippen molar-refractivity contribution in [1.82, 2.24) is 9.97 Å². The Morgan fingerprint density at radius 3 is 2.50 bits per heavy atom. The van der Waals surface area contributed by atoms with E-state index in [0.717, 1.165) is 0 Å². The predicted octanol–water partition coefficient (Wildman–Crippen LogP) is 2.10. The van der Waals surface area contributed by atoms with Crippen LogP contribution in [0.1, 0.15) is 0 Å². The van der Waals surface area contributed by atoms with Crippen molar-refractivity contribution < 1.29 is 4.39 Å². The van der Waals surface area contributed by atoms with Crippen molar-refractivity contribution in [3.05, 3.63) is 35.1 Å². The van der Waals surface area contributed by atoms with Crippen LogP contribution in [-0.2, 0) is 0 Å². The molecule has 0 amide bonds. The SMILES string of the molecule is Nc1nc(N)c(F)c(-c2ccccc2Cl)n1. The molecule has 0 fully saturated rings. The monoisotopic (exact) mass is 238 g/mol. The van der Waals surface area contributed by atoms with Crippen molar-refractivity contribution in [2.75, 3.05) is 11.5 Å². The first-order chi connectivity index (χ1) is 7.59. The van der Waals surface area contributed by atoms with Gasteiger partial charge in [-0.25, -0.2) is 9.37 Å². The molecule has 0 aliphatic rings. The van der Waals surface area contributed by atoms with Crippen LogP contribution < -0.4 is 11.5 Å². The highest BCUT2D eigenvalue weighted by Gasteiger charge is 2.14. The Bertz CT molecular complexity index is 544. The van der Waals surface area contributed by atoms with Gasteiger partial charge in [0.15, 0.2) is 11.6 Å². The number of rotatable bonds is 1. The van der Waals surface area contributed by atoms with Crippen LogP contribution in [0.3, 0.4) is 0 Å². The lowest BCUT2D eigenvalue weighted by molar-refractivity contribution is 0.625. The summed E-state index contributed by atoms with van der Waals surface area (Å²) in [7, 11) is 0. The normalized spacial score (nSPS) is 10.4. The van der Waals surface area contributed by atoms with Crippen molar-refractivity contribution in [3.63, 3.8) is 0 Å². The number of aromatic nitrogens is 2. The van der Waals surface area contributed by atoms with Crippen molar-refractivity contribution >= 4 is 23.4 Å². The van der Waals surface area contributed by atoms with E-state index in [9.17, 15) is 4.39 Å². The molecule has 0 aliphatic heterocycles. The van der Waals surface area contributed by atoms with Gasteiger partial charge in [0.2, 0.25) is 5.95 Å². The number of nitrogens with zero attached hydrogens (tertiary/aromatic N) is 2. The lowest BCUT2D eigenvalue weighted by Gasteiger charge is -2.06. The second-order valence-electron chi connectivity index (χ2n) is 3.11. The molecule has 0 unspecified atom stereocenters. The molecule has 4 N–H and O–H groups in total. The molecule has 0 atom stereocenters. The molecule has 16 heavy (non-hydrogen) atoms. The Balaban J connectivity index is 2.69. The summed E-state index contributed by atoms with van der Waals surface area (Å²) < 4.78 is 13.7. The Hall–Kier alpha value is -1.88. The van der Waals surface area contributed by atoms with Gasteiger partial charge < -0.3 is 11.5 Å². The van der Waals surface area contributed by atoms with Crippen molar-refractivity contribution in [3.8, 4) is 11.3 Å². The summed E-state index contributed by atoms with van der Waals surface area (Å²) in [4.78, 5) is 7.31. The fourth-order valence-corrected chi connectivity index (χ4v) is 1.54. The van der Waals surface area contributed by atoms with E-state index >= 15 is 0 Å². The average molecular weight is 239 g/mol. The van der Waals surface area contributed by atoms with Crippen molar-refractivity contribution in [2.24, 2.45) is 0 Å². The van der Waals surface area contributed by atoms with Gasteiger partial charge in [0.05, 0.1) is 5.02 Å². The Morgan fingerprint density at radius 2 is 1.81 bits per heavy atom. The van der Waals surface area contributed by atoms with Gasteiger partial charge >= 0.3 is 0 Å². The summed E-state index contributed by atoms with van der Waals surface area (Å²) in [6, 6.07) is 6.71. The maximum Gasteiger partial charge on any atom is 0.222 e. The van der Waals surface area contributed by atoms with Gasteiger partial charge in [0, 0.05) is 5.56 Å². The molecular weight excluding hydrogens is 231 g/mol. The van der Waals surface area contributed by atoms with Crippen LogP contribution in [0.2, 0.25) is 5.02 Å². The molecule has 0 saturated carbocycles. The summed E-state index contributed by atoms with van der Waals surface area (Å²) in [5.41, 5.74) is 11.2. The smallest absolute Gasteiger partial charge is 0.222 e. The second-order valence-corrected chi connectivity index (χ2v) is 3.52. The van der Waals surface area contributed by atoms with E-state index < -0.39 is 5.82 Å². The fraction of sp³-hybridized carbons (Fsp3) is 0. The summed E-state index contributed by atoms with van der Waals surface area (Å²) in [5, 5.41) is 0.374. The molecule has 4 nitrogen and oxygen atoms in total. The van der Waals surface area contributed by atoms with Gasteiger partial charge in [-0.15, -0.1) is 0 Å². The van der Waals surface area contributed by atoms with E-state index in [1.807, 2.05) is 0 Å². The molecule has 0 bridgehead atoms. The van der Waals surface area contributed by atoms with Crippen molar-refractivity contribution in [2.45, 2.75) is 0 Å². The molecule has 0 radical (unpaired) electrons. The molecule has 82 valence electrons. The summed E-state index contributed by atoms with van der Waals surface area (Å²) in [6.45, 7) is 0. The Labute approximate surface area is 96.1 Å². The van der Waals surface area contributed by atoms with Gasteiger partial charge in [0.25, 0.3) is 0 Å². The zero-order valence-corrected chi connectivity index (χ0v) is 8.87. The molecule has 1 aromatic carbocycles. The molecule has 0 saturated heterocycles. The molecule has 2 aromatic rings. The third-order valence-corrected chi connectivity index (χ3v) is 2.35. The highest BCUT2D eigenvalue weighted by atomic mass is 35.5. The van der Waals surface area contributed by atoms with Crippen LogP contribution >= 0.6 is 11.6 Å². The van der Waals surface area contributed by atoms with Crippen LogP contribution in [0.5, 0.6) is 0 Å². The minimum atomic E-state index is -0.720. The molecule has 1 heterocycles. The number of benzene rings is 1. The van der Waals surface area contributed by atoms with E-state index in [1.54, 1.807) is 24.3 Å². The van der Waals surface area contributed by atoms with Gasteiger partial charge in [-0.2, -0.15) is 4.98 Å². The van der Waals surface area contributed by atoms with Crippen LogP contribution in [-0.4, -0.2) is 9.97 Å². The first kappa shape index (κ1) is 10.6. The third-order valence-electron chi connectivity index (χ3n) is 2.02. The number of hydrogen-bond donors (Lipinski definition) is 2. The molecule has 0 spiro atoms. The molecular formula is C10H8ClFN4. The quantitative estimate of drug-likeness (QED) is 0.798. The summed E-state index contributed by atoms with van der Waals surface area (Å²) in [5.74, 6) is -1.10. The van der Waals surface area contributed by atoms with E-state index in [1.165, 1.54) is 0 Å². The predicted molar refractivity (Wildman–Crippen MR) is 61.3 cm³/mol. The molecule has 1 aromatic heterocycles. The van der Waals surface area contributed by atoms with Gasteiger partial charge in [0.1, 0.15) is 5.69 Å². The summed E-state index contributed by atoms with van der Waals surface area (Å²) in [6.07, 6.45) is 0. The molecule has 6 heteroatoms. The third kappa shape index (κ3) is 1.77. The van der Waals surface area contributed by atoms with Gasteiger partial charge in [-0.05, 0) is 6.07 Å². The summed E-state index contributed by atoms with van der Waals surface area (Å²) >= 11 is 5.93. The zero-order valence-electron chi connectivity index (χ0n) is 8.11. The number of halogens is 2. The van der Waals surface area contributed by atoms with Crippen LogP contribution in [0.15, 0.2) is 24.3 Å². The maximum absolute atomic E-state index is 13.7. The molecule has 2 rings (SSSR count). The highest BCUT2D eigenvalue weighted by molar-refractivity contribution is 6.33. The van der Waals surface area contributed by atoms with E-state index in [2.05, 4.69) is 9.97 Å². The number of nitrogen functional groups attached to an aromatic ring is 2. The van der Waals surface area contributed by atoms with Gasteiger partial charge in [-0.1, -0.05) is 29.8 Å². The van der Waals surface area contributed by atoms with E-state index in [-0.39, 0.29) is 17.5 Å². The lowest BCUT2D eigenvalue weighted by Crippen LogP contribution is -2.05. The number of anilines is 2. The minimum Gasteiger partial charge on any atom is -0.381 e. The Morgan fingerprint density at radius 1 is 1.12 bits per heavy atom. The van der Waals surface area contributed by atoms with Crippen molar-refractivity contribution in [1.29, 1.82) is 0 Å². The Kier molecular flexibility index (Phi) is 2.62. The largest absolute Gasteiger partial charge is 0.381 e. The lowest BCUT2D eigenvalue weighted by atomic mass is 10.1. The second kappa shape index (κ2) is 3.94. The zero-order chi connectivity index (χ0) is 11.7. The van der Waals surface area contributed by atoms with E-state index in [4.69, 9.17) is 23.1 Å². The highest BCUT2D eigenvalue weighted by Crippen LogP contribution is 2.29. The maximum atomic E-state index is 13.7. The first-order valence-corrected chi connectivity index (χ1v) is 4.81. The first-order valence-electron chi connectivity index (χ1n) is 4.43.